The third-order valence-electron chi connectivity index (χ3n) is 4.96. The zero-order valence-corrected chi connectivity index (χ0v) is 16.9. The first kappa shape index (κ1) is 23.0. The quantitative estimate of drug-likeness (QED) is 0.221. The molecule has 0 saturated heterocycles. The molecular formula is C22H47N. The molecule has 0 aliphatic heterocycles. The minimum absolute atomic E-state index is 1.26. The van der Waals surface area contributed by atoms with E-state index in [2.05, 4.69) is 25.9 Å². The fraction of sp³-hybridized carbons (Fsp3) is 1.00. The Balaban J connectivity index is 2.95. The third kappa shape index (κ3) is 22.0. The second-order valence-electron chi connectivity index (χ2n) is 7.81. The molecule has 0 radical (unpaired) electrons. The van der Waals surface area contributed by atoms with Crippen LogP contribution in [0, 0.1) is 0 Å². The van der Waals surface area contributed by atoms with Gasteiger partial charge in [-0.15, -0.1) is 0 Å². The molecule has 0 aromatic rings. The maximum atomic E-state index is 2.30. The fourth-order valence-corrected chi connectivity index (χ4v) is 3.33. The minimum Gasteiger partial charge on any atom is -0.309 e. The van der Waals surface area contributed by atoms with Gasteiger partial charge in [0.15, 0.2) is 0 Å². The van der Waals surface area contributed by atoms with Crippen LogP contribution in [0.1, 0.15) is 122 Å². The summed E-state index contributed by atoms with van der Waals surface area (Å²) in [6.45, 7) is 3.56. The summed E-state index contributed by atoms with van der Waals surface area (Å²) in [7, 11) is 4.35. The number of hydrogen-bond donors (Lipinski definition) is 0. The number of nitrogens with zero attached hydrogens (tertiary/aromatic N) is 1. The van der Waals surface area contributed by atoms with Gasteiger partial charge in [-0.3, -0.25) is 0 Å². The molecule has 140 valence electrons. The Hall–Kier alpha value is -0.0400. The van der Waals surface area contributed by atoms with Gasteiger partial charge in [0.2, 0.25) is 0 Å². The average molecular weight is 326 g/mol. The molecule has 1 heteroatoms. The van der Waals surface area contributed by atoms with Crippen molar-refractivity contribution in [3.63, 3.8) is 0 Å². The molecule has 0 rings (SSSR count). The molecule has 0 atom stereocenters. The van der Waals surface area contributed by atoms with Gasteiger partial charge in [-0.1, -0.05) is 116 Å². The first-order valence-electron chi connectivity index (χ1n) is 10.9. The zero-order valence-electron chi connectivity index (χ0n) is 16.9. The van der Waals surface area contributed by atoms with Crippen LogP contribution in [0.25, 0.3) is 0 Å². The van der Waals surface area contributed by atoms with Crippen molar-refractivity contribution in [2.75, 3.05) is 20.6 Å². The second-order valence-corrected chi connectivity index (χ2v) is 7.81. The van der Waals surface area contributed by atoms with Crippen molar-refractivity contribution >= 4 is 0 Å². The lowest BCUT2D eigenvalue weighted by atomic mass is 10.0. The van der Waals surface area contributed by atoms with Crippen molar-refractivity contribution in [3.8, 4) is 0 Å². The first-order chi connectivity index (χ1) is 11.3. The molecule has 0 aliphatic carbocycles. The standard InChI is InChI=1S/C22H47N/c1-4-5-6-7-8-9-10-11-12-13-14-15-16-17-18-19-20-21-22-23(2)3/h4-22H2,1-3H3. The number of unbranched alkanes of at least 4 members (excludes halogenated alkanes) is 17. The average Bonchev–Trinajstić information content (AvgIpc) is 2.53. The molecule has 0 bridgehead atoms. The highest BCUT2D eigenvalue weighted by molar-refractivity contribution is 4.51. The van der Waals surface area contributed by atoms with Crippen molar-refractivity contribution in [2.24, 2.45) is 0 Å². The molecule has 1 nitrogen and oxygen atoms in total. The van der Waals surface area contributed by atoms with E-state index in [0.29, 0.717) is 0 Å². The molecule has 0 aliphatic rings. The van der Waals surface area contributed by atoms with E-state index in [-0.39, 0.29) is 0 Å². The van der Waals surface area contributed by atoms with Gasteiger partial charge in [-0.25, -0.2) is 0 Å². The van der Waals surface area contributed by atoms with E-state index < -0.39 is 0 Å². The van der Waals surface area contributed by atoms with Crippen molar-refractivity contribution < 1.29 is 0 Å². The lowest BCUT2D eigenvalue weighted by Gasteiger charge is -2.08. The van der Waals surface area contributed by atoms with E-state index in [1.807, 2.05) is 0 Å². The van der Waals surface area contributed by atoms with Gasteiger partial charge in [0.1, 0.15) is 0 Å². The Labute approximate surface area is 148 Å². The number of hydrogen-bond acceptors (Lipinski definition) is 1. The summed E-state index contributed by atoms with van der Waals surface area (Å²) in [4.78, 5) is 2.30. The summed E-state index contributed by atoms with van der Waals surface area (Å²) in [5.74, 6) is 0. The Bertz CT molecular complexity index is 200. The molecular weight excluding hydrogens is 278 g/mol. The van der Waals surface area contributed by atoms with Crippen LogP contribution in [-0.4, -0.2) is 25.5 Å². The molecule has 0 spiro atoms. The summed E-state index contributed by atoms with van der Waals surface area (Å²) >= 11 is 0. The predicted molar refractivity (Wildman–Crippen MR) is 107 cm³/mol. The van der Waals surface area contributed by atoms with Crippen molar-refractivity contribution in [1.29, 1.82) is 0 Å². The normalized spacial score (nSPS) is 11.5. The first-order valence-corrected chi connectivity index (χ1v) is 10.9. The predicted octanol–water partition coefficient (Wildman–Crippen LogP) is 7.59. The van der Waals surface area contributed by atoms with Crippen LogP contribution >= 0.6 is 0 Å². The Morgan fingerprint density at radius 2 is 0.652 bits per heavy atom. The maximum absolute atomic E-state index is 2.30. The molecule has 0 amide bonds. The lowest BCUT2D eigenvalue weighted by Crippen LogP contribution is -2.12. The van der Waals surface area contributed by atoms with E-state index in [1.54, 1.807) is 0 Å². The van der Waals surface area contributed by atoms with E-state index >= 15 is 0 Å². The summed E-state index contributed by atoms with van der Waals surface area (Å²) in [6, 6.07) is 0. The van der Waals surface area contributed by atoms with Gasteiger partial charge in [0.05, 0.1) is 0 Å². The molecule has 0 aromatic heterocycles. The fourth-order valence-electron chi connectivity index (χ4n) is 3.33. The Kier molecular flexibility index (Phi) is 20.0. The number of rotatable bonds is 19. The maximum Gasteiger partial charge on any atom is -0.00248 e. The van der Waals surface area contributed by atoms with Crippen LogP contribution in [0.4, 0.5) is 0 Å². The smallest absolute Gasteiger partial charge is 0.00248 e. The van der Waals surface area contributed by atoms with Crippen molar-refractivity contribution in [2.45, 2.75) is 122 Å². The van der Waals surface area contributed by atoms with Gasteiger partial charge in [0, 0.05) is 0 Å². The molecule has 0 saturated carbocycles. The van der Waals surface area contributed by atoms with E-state index in [1.165, 1.54) is 122 Å². The van der Waals surface area contributed by atoms with E-state index in [4.69, 9.17) is 0 Å². The monoisotopic (exact) mass is 325 g/mol. The van der Waals surface area contributed by atoms with E-state index in [0.717, 1.165) is 0 Å². The van der Waals surface area contributed by atoms with Gasteiger partial charge < -0.3 is 4.90 Å². The van der Waals surface area contributed by atoms with Gasteiger partial charge in [-0.2, -0.15) is 0 Å². The van der Waals surface area contributed by atoms with E-state index in [9.17, 15) is 0 Å². The molecule has 0 aromatic carbocycles. The van der Waals surface area contributed by atoms with Gasteiger partial charge in [0.25, 0.3) is 0 Å². The summed E-state index contributed by atoms with van der Waals surface area (Å²) in [5.41, 5.74) is 0. The van der Waals surface area contributed by atoms with Crippen molar-refractivity contribution in [1.82, 2.24) is 4.90 Å². The highest BCUT2D eigenvalue weighted by atomic mass is 15.0. The van der Waals surface area contributed by atoms with Crippen LogP contribution in [0.5, 0.6) is 0 Å². The third-order valence-corrected chi connectivity index (χ3v) is 4.96. The second kappa shape index (κ2) is 20.0. The topological polar surface area (TPSA) is 3.24 Å². The summed E-state index contributed by atoms with van der Waals surface area (Å²) in [6.07, 6.45) is 26.3. The van der Waals surface area contributed by atoms with Crippen LogP contribution in [-0.2, 0) is 0 Å². The molecule has 0 N–H and O–H groups in total. The Morgan fingerprint density at radius 3 is 0.913 bits per heavy atom. The van der Waals surface area contributed by atoms with Crippen LogP contribution < -0.4 is 0 Å². The highest BCUT2D eigenvalue weighted by Crippen LogP contribution is 2.14. The minimum atomic E-state index is 1.26. The Morgan fingerprint density at radius 1 is 0.391 bits per heavy atom. The van der Waals surface area contributed by atoms with Crippen molar-refractivity contribution in [3.05, 3.63) is 0 Å². The highest BCUT2D eigenvalue weighted by Gasteiger charge is 1.95. The molecule has 23 heavy (non-hydrogen) atoms. The van der Waals surface area contributed by atoms with Crippen LogP contribution in [0.2, 0.25) is 0 Å². The van der Waals surface area contributed by atoms with Crippen LogP contribution in [0.15, 0.2) is 0 Å². The summed E-state index contributed by atoms with van der Waals surface area (Å²) in [5, 5.41) is 0. The molecule has 0 heterocycles. The van der Waals surface area contributed by atoms with Gasteiger partial charge >= 0.3 is 0 Å². The molecule has 0 unspecified atom stereocenters. The van der Waals surface area contributed by atoms with Gasteiger partial charge in [-0.05, 0) is 27.1 Å². The SMILES string of the molecule is CCCCCCCCCCCCCCCCCCCCN(C)C. The zero-order chi connectivity index (χ0) is 17.0. The van der Waals surface area contributed by atoms with Crippen LogP contribution in [0.3, 0.4) is 0 Å². The largest absolute Gasteiger partial charge is 0.309 e. The molecule has 0 fully saturated rings. The lowest BCUT2D eigenvalue weighted by molar-refractivity contribution is 0.389. The summed E-state index contributed by atoms with van der Waals surface area (Å²) < 4.78 is 0.